The van der Waals surface area contributed by atoms with E-state index in [0.29, 0.717) is 11.0 Å². The van der Waals surface area contributed by atoms with E-state index >= 15 is 0 Å². The van der Waals surface area contributed by atoms with Crippen LogP contribution in [0.15, 0.2) is 0 Å². The van der Waals surface area contributed by atoms with Crippen molar-refractivity contribution in [3.8, 4) is 0 Å². The zero-order valence-electron chi connectivity index (χ0n) is 6.90. The lowest BCUT2D eigenvalue weighted by Crippen LogP contribution is -2.41. The molecule has 0 saturated carbocycles. The Labute approximate surface area is 67.1 Å². The molecule has 0 bridgehead atoms. The first-order valence-electron chi connectivity index (χ1n) is 3.19. The molecule has 0 saturated heterocycles. The van der Waals surface area contributed by atoms with Crippen molar-refractivity contribution in [3.05, 3.63) is 0 Å². The highest BCUT2D eigenvalue weighted by molar-refractivity contribution is 7.80. The molecule has 0 spiro atoms. The average Bonchev–Trinajstić information content (AvgIpc) is 1.83. The molecule has 0 amide bonds. The molecular formula is C5H13NO4S. The van der Waals surface area contributed by atoms with Crippen molar-refractivity contribution in [3.63, 3.8) is 0 Å². The van der Waals surface area contributed by atoms with E-state index in [1.165, 1.54) is 0 Å². The summed E-state index contributed by atoms with van der Waals surface area (Å²) in [6.07, 6.45) is 0. The topological polar surface area (TPSA) is 66.4 Å². The summed E-state index contributed by atoms with van der Waals surface area (Å²) in [7, 11) is -0.995. The minimum Gasteiger partial charge on any atom is -0.725 e. The van der Waals surface area contributed by atoms with Gasteiger partial charge in [-0.1, -0.05) is 0 Å². The van der Waals surface area contributed by atoms with Gasteiger partial charge in [-0.15, -0.1) is 0 Å². The maximum absolute atomic E-state index is 10.0. The van der Waals surface area contributed by atoms with E-state index in [9.17, 15) is 13.0 Å². The number of hydrogen-bond acceptors (Lipinski definition) is 4. The molecule has 0 N–H and O–H groups in total. The van der Waals surface area contributed by atoms with Crippen LogP contribution in [0.5, 0.6) is 0 Å². The highest BCUT2D eigenvalue weighted by Gasteiger charge is 2.12. The molecule has 68 valence electrons. The van der Waals surface area contributed by atoms with E-state index in [1.807, 2.05) is 6.92 Å². The van der Waals surface area contributed by atoms with Gasteiger partial charge in [-0.3, -0.25) is 0 Å². The monoisotopic (exact) mass is 183 g/mol. The highest BCUT2D eigenvalue weighted by atomic mass is 32.3. The first kappa shape index (κ1) is 10.8. The predicted octanol–water partition coefficient (Wildman–Crippen LogP) is -0.483. The van der Waals surface area contributed by atoms with Gasteiger partial charge < -0.3 is 9.04 Å². The van der Waals surface area contributed by atoms with Crippen LogP contribution in [0.4, 0.5) is 0 Å². The number of hydrogen-bond donors (Lipinski definition) is 0. The Hall–Kier alpha value is -0.170. The van der Waals surface area contributed by atoms with Gasteiger partial charge in [0, 0.05) is 0 Å². The molecule has 11 heavy (non-hydrogen) atoms. The third-order valence-electron chi connectivity index (χ3n) is 1.40. The van der Waals surface area contributed by atoms with Crippen molar-refractivity contribution >= 4 is 10.4 Å². The molecule has 0 atom stereocenters. The molecule has 0 rings (SSSR count). The Kier molecular flexibility index (Phi) is 3.43. The third kappa shape index (κ3) is 6.24. The van der Waals surface area contributed by atoms with Crippen molar-refractivity contribution in [1.29, 1.82) is 0 Å². The first-order valence-corrected chi connectivity index (χ1v) is 4.52. The summed E-state index contributed by atoms with van der Waals surface area (Å²) in [6, 6.07) is 0. The Bertz CT molecular complexity index is 209. The van der Waals surface area contributed by atoms with E-state index in [2.05, 4.69) is 4.18 Å². The van der Waals surface area contributed by atoms with Gasteiger partial charge in [0.2, 0.25) is 10.4 Å². The standard InChI is InChI=1S/C5H13NO4S/c1-4-6(2,3)5-10-11(7,8)9/h4-5H2,1-3H3. The van der Waals surface area contributed by atoms with Crippen LogP contribution in [0, 0.1) is 0 Å². The lowest BCUT2D eigenvalue weighted by atomic mass is 10.6. The molecule has 0 aliphatic rings. The Morgan fingerprint density at radius 3 is 2.18 bits per heavy atom. The molecular weight excluding hydrogens is 170 g/mol. The quantitative estimate of drug-likeness (QED) is 0.255. The van der Waals surface area contributed by atoms with Crippen molar-refractivity contribution < 1.29 is 21.6 Å². The molecule has 0 aliphatic carbocycles. The summed E-state index contributed by atoms with van der Waals surface area (Å²) < 4.78 is 34.4. The van der Waals surface area contributed by atoms with Gasteiger partial charge >= 0.3 is 0 Å². The van der Waals surface area contributed by atoms with Crippen LogP contribution >= 0.6 is 0 Å². The van der Waals surface area contributed by atoms with Gasteiger partial charge in [-0.05, 0) is 6.92 Å². The Morgan fingerprint density at radius 1 is 1.45 bits per heavy atom. The largest absolute Gasteiger partial charge is 0.725 e. The lowest BCUT2D eigenvalue weighted by molar-refractivity contribution is -0.904. The fourth-order valence-corrected chi connectivity index (χ4v) is 0.713. The molecule has 0 heterocycles. The maximum atomic E-state index is 10.0. The summed E-state index contributed by atoms with van der Waals surface area (Å²) in [5.41, 5.74) is 0. The molecule has 0 aliphatic heterocycles. The summed E-state index contributed by atoms with van der Waals surface area (Å²) in [5, 5.41) is 0. The molecule has 0 aromatic heterocycles. The zero-order chi connectivity index (χ0) is 9.12. The van der Waals surface area contributed by atoms with Crippen molar-refractivity contribution in [1.82, 2.24) is 0 Å². The molecule has 0 fully saturated rings. The molecule has 0 aromatic rings. The van der Waals surface area contributed by atoms with Crippen LogP contribution in [0.2, 0.25) is 0 Å². The van der Waals surface area contributed by atoms with Gasteiger partial charge in [0.1, 0.15) is 0 Å². The van der Waals surface area contributed by atoms with Gasteiger partial charge in [-0.25, -0.2) is 12.6 Å². The minimum atomic E-state index is -4.53. The van der Waals surface area contributed by atoms with Crippen molar-refractivity contribution in [2.24, 2.45) is 0 Å². The van der Waals surface area contributed by atoms with Gasteiger partial charge in [0.25, 0.3) is 0 Å². The second kappa shape index (κ2) is 3.48. The van der Waals surface area contributed by atoms with E-state index in [4.69, 9.17) is 0 Å². The summed E-state index contributed by atoms with van der Waals surface area (Å²) in [6.45, 7) is 2.47. The summed E-state index contributed by atoms with van der Waals surface area (Å²) in [5.74, 6) is 0. The van der Waals surface area contributed by atoms with Crippen LogP contribution in [0.3, 0.4) is 0 Å². The van der Waals surface area contributed by atoms with E-state index in [1.54, 1.807) is 14.1 Å². The SMILES string of the molecule is CC[N+](C)(C)COS(=O)(=O)[O-]. The minimum absolute atomic E-state index is 0.109. The normalized spacial score (nSPS) is 13.5. The average molecular weight is 183 g/mol. The van der Waals surface area contributed by atoms with E-state index in [-0.39, 0.29) is 6.73 Å². The molecule has 5 nitrogen and oxygen atoms in total. The van der Waals surface area contributed by atoms with Crippen LogP contribution in [-0.2, 0) is 14.6 Å². The lowest BCUT2D eigenvalue weighted by Gasteiger charge is -2.27. The third-order valence-corrected chi connectivity index (χ3v) is 1.80. The fourth-order valence-electron chi connectivity index (χ4n) is 0.299. The second-order valence-corrected chi connectivity index (χ2v) is 3.96. The summed E-state index contributed by atoms with van der Waals surface area (Å²) in [4.78, 5) is 0. The predicted molar refractivity (Wildman–Crippen MR) is 38.3 cm³/mol. The number of nitrogens with zero attached hydrogens (tertiary/aromatic N) is 1. The van der Waals surface area contributed by atoms with Crippen LogP contribution in [-0.4, -0.2) is 44.8 Å². The molecule has 6 heteroatoms. The van der Waals surface area contributed by atoms with Gasteiger partial charge in [-0.2, -0.15) is 0 Å². The van der Waals surface area contributed by atoms with E-state index in [0.717, 1.165) is 0 Å². The van der Waals surface area contributed by atoms with Gasteiger partial charge in [0.05, 0.1) is 20.6 Å². The molecule has 0 aromatic carbocycles. The van der Waals surface area contributed by atoms with Crippen molar-refractivity contribution in [2.75, 3.05) is 27.4 Å². The maximum Gasteiger partial charge on any atom is 0.222 e. The van der Waals surface area contributed by atoms with E-state index < -0.39 is 10.4 Å². The summed E-state index contributed by atoms with van der Waals surface area (Å²) >= 11 is 0. The zero-order valence-corrected chi connectivity index (χ0v) is 7.72. The number of quaternary nitrogens is 1. The van der Waals surface area contributed by atoms with Crippen molar-refractivity contribution in [2.45, 2.75) is 6.92 Å². The Morgan fingerprint density at radius 2 is 1.91 bits per heavy atom. The highest BCUT2D eigenvalue weighted by Crippen LogP contribution is 1.98. The van der Waals surface area contributed by atoms with Crippen LogP contribution in [0.25, 0.3) is 0 Å². The smallest absolute Gasteiger partial charge is 0.222 e. The first-order chi connectivity index (χ1) is 4.77. The second-order valence-electron chi connectivity index (χ2n) is 2.91. The Balaban J connectivity index is 3.90. The molecule has 0 unspecified atom stereocenters. The number of rotatable bonds is 4. The van der Waals surface area contributed by atoms with Crippen LogP contribution in [0.1, 0.15) is 6.92 Å². The molecule has 0 radical (unpaired) electrons. The van der Waals surface area contributed by atoms with Gasteiger partial charge in [0.15, 0.2) is 6.73 Å². The fraction of sp³-hybridized carbons (Fsp3) is 1.00. The van der Waals surface area contributed by atoms with Crippen LogP contribution < -0.4 is 0 Å².